The molecule has 0 aromatic heterocycles. The van der Waals surface area contributed by atoms with Crippen molar-refractivity contribution < 1.29 is 0 Å². The van der Waals surface area contributed by atoms with Crippen LogP contribution in [0.3, 0.4) is 0 Å². The fourth-order valence-corrected chi connectivity index (χ4v) is 3.66. The lowest BCUT2D eigenvalue weighted by atomic mass is 9.74. The molecular formula is C15H22N2. The molecule has 1 fully saturated rings. The topological polar surface area (TPSA) is 15.3 Å². The molecule has 0 unspecified atom stereocenters. The first-order valence-electron chi connectivity index (χ1n) is 6.75. The predicted molar refractivity (Wildman–Crippen MR) is 71.3 cm³/mol. The van der Waals surface area contributed by atoms with E-state index in [0.29, 0.717) is 5.54 Å². The van der Waals surface area contributed by atoms with Crippen LogP contribution in [-0.2, 0) is 12.0 Å². The summed E-state index contributed by atoms with van der Waals surface area (Å²) in [6.45, 7) is 5.77. The van der Waals surface area contributed by atoms with E-state index >= 15 is 0 Å². The summed E-state index contributed by atoms with van der Waals surface area (Å²) in [6.07, 6.45) is 3.72. The Morgan fingerprint density at radius 1 is 1.24 bits per heavy atom. The number of aryl methyl sites for hydroxylation is 1. The third kappa shape index (κ3) is 1.62. The van der Waals surface area contributed by atoms with Crippen molar-refractivity contribution in [1.29, 1.82) is 0 Å². The van der Waals surface area contributed by atoms with E-state index in [1.165, 1.54) is 31.4 Å². The second kappa shape index (κ2) is 4.11. The molecule has 3 rings (SSSR count). The van der Waals surface area contributed by atoms with E-state index in [9.17, 15) is 0 Å². The maximum absolute atomic E-state index is 3.50. The fraction of sp³-hybridized carbons (Fsp3) is 0.600. The van der Waals surface area contributed by atoms with Gasteiger partial charge in [-0.3, -0.25) is 4.90 Å². The summed E-state index contributed by atoms with van der Waals surface area (Å²) in [5.74, 6) is 0. The van der Waals surface area contributed by atoms with E-state index in [1.807, 2.05) is 0 Å². The lowest BCUT2D eigenvalue weighted by Gasteiger charge is -2.49. The number of likely N-dealkylation sites (N-methyl/N-ethyl adjacent to an activating group) is 1. The molecule has 2 aliphatic heterocycles. The molecule has 17 heavy (non-hydrogen) atoms. The average Bonchev–Trinajstić information content (AvgIpc) is 2.36. The van der Waals surface area contributed by atoms with Gasteiger partial charge in [0.25, 0.3) is 0 Å². The van der Waals surface area contributed by atoms with E-state index < -0.39 is 0 Å². The van der Waals surface area contributed by atoms with Gasteiger partial charge in [0, 0.05) is 12.1 Å². The number of piperidine rings is 1. The third-order valence-electron chi connectivity index (χ3n) is 4.77. The molecule has 1 spiro atoms. The second-order valence-corrected chi connectivity index (χ2v) is 5.55. The van der Waals surface area contributed by atoms with E-state index in [1.54, 1.807) is 11.1 Å². The fourth-order valence-electron chi connectivity index (χ4n) is 3.66. The molecule has 0 bridgehead atoms. The summed E-state index contributed by atoms with van der Waals surface area (Å²) in [4.78, 5) is 2.59. The van der Waals surface area contributed by atoms with Crippen molar-refractivity contribution in [3.05, 3.63) is 34.9 Å². The minimum absolute atomic E-state index is 0.310. The molecule has 0 aliphatic carbocycles. The first-order chi connectivity index (χ1) is 8.24. The van der Waals surface area contributed by atoms with Gasteiger partial charge in [-0.2, -0.15) is 0 Å². The van der Waals surface area contributed by atoms with E-state index in [4.69, 9.17) is 0 Å². The Morgan fingerprint density at radius 3 is 2.76 bits per heavy atom. The van der Waals surface area contributed by atoms with Crippen LogP contribution in [0.25, 0.3) is 0 Å². The smallest absolute Gasteiger partial charge is 0.0484 e. The van der Waals surface area contributed by atoms with Gasteiger partial charge in [-0.25, -0.2) is 0 Å². The number of benzene rings is 1. The van der Waals surface area contributed by atoms with Crippen LogP contribution in [0.15, 0.2) is 18.2 Å². The lowest BCUT2D eigenvalue weighted by Crippen LogP contribution is -2.54. The summed E-state index contributed by atoms with van der Waals surface area (Å²) in [5.41, 5.74) is 5.01. The summed E-state index contributed by atoms with van der Waals surface area (Å²) in [6, 6.07) is 6.86. The largest absolute Gasteiger partial charge is 0.317 e. The molecule has 1 saturated heterocycles. The molecule has 2 heterocycles. The number of rotatable bonds is 0. The Hall–Kier alpha value is -0.860. The minimum atomic E-state index is 0.310. The zero-order chi connectivity index (χ0) is 11.9. The average molecular weight is 230 g/mol. The van der Waals surface area contributed by atoms with E-state index in [0.717, 1.165) is 13.1 Å². The molecule has 1 aromatic carbocycles. The molecule has 0 saturated carbocycles. The van der Waals surface area contributed by atoms with Crippen LogP contribution >= 0.6 is 0 Å². The zero-order valence-corrected chi connectivity index (χ0v) is 10.9. The standard InChI is InChI=1S/C15H22N2/c1-12-4-3-5-14-13(12)6-11-17(2)15(14)7-9-16-10-8-15/h3-5,16H,6-11H2,1-2H3. The van der Waals surface area contributed by atoms with E-state index in [2.05, 4.69) is 42.4 Å². The molecule has 92 valence electrons. The van der Waals surface area contributed by atoms with Crippen molar-refractivity contribution in [1.82, 2.24) is 10.2 Å². The Labute approximate surface area is 104 Å². The number of fused-ring (bicyclic) bond motifs is 2. The molecule has 1 aromatic rings. The van der Waals surface area contributed by atoms with Crippen LogP contribution in [0.4, 0.5) is 0 Å². The Morgan fingerprint density at radius 2 is 2.00 bits per heavy atom. The molecule has 2 aliphatic rings. The third-order valence-corrected chi connectivity index (χ3v) is 4.77. The first-order valence-corrected chi connectivity index (χ1v) is 6.75. The van der Waals surface area contributed by atoms with Gasteiger partial charge in [0.15, 0.2) is 0 Å². The highest BCUT2D eigenvalue weighted by atomic mass is 15.2. The summed E-state index contributed by atoms with van der Waals surface area (Å²) < 4.78 is 0. The highest BCUT2D eigenvalue weighted by Crippen LogP contribution is 2.41. The summed E-state index contributed by atoms with van der Waals surface area (Å²) in [5, 5.41) is 3.50. The van der Waals surface area contributed by atoms with Crippen molar-refractivity contribution in [3.63, 3.8) is 0 Å². The van der Waals surface area contributed by atoms with Crippen molar-refractivity contribution in [2.45, 2.75) is 31.7 Å². The molecule has 2 nitrogen and oxygen atoms in total. The summed E-state index contributed by atoms with van der Waals surface area (Å²) >= 11 is 0. The normalized spacial score (nSPS) is 23.6. The number of nitrogens with zero attached hydrogens (tertiary/aromatic N) is 1. The van der Waals surface area contributed by atoms with Gasteiger partial charge in [0.05, 0.1) is 0 Å². The highest BCUT2D eigenvalue weighted by Gasteiger charge is 2.41. The molecule has 0 atom stereocenters. The van der Waals surface area contributed by atoms with Crippen LogP contribution in [0.2, 0.25) is 0 Å². The van der Waals surface area contributed by atoms with Crippen molar-refractivity contribution in [3.8, 4) is 0 Å². The number of hydrogen-bond donors (Lipinski definition) is 1. The minimum Gasteiger partial charge on any atom is -0.317 e. The van der Waals surface area contributed by atoms with Crippen molar-refractivity contribution in [2.75, 3.05) is 26.7 Å². The summed E-state index contributed by atoms with van der Waals surface area (Å²) in [7, 11) is 2.30. The number of hydrogen-bond acceptors (Lipinski definition) is 2. The SMILES string of the molecule is Cc1cccc2c1CCN(C)C21CCNCC1. The van der Waals surface area contributed by atoms with Crippen LogP contribution in [0.1, 0.15) is 29.5 Å². The van der Waals surface area contributed by atoms with Gasteiger partial charge in [-0.15, -0.1) is 0 Å². The van der Waals surface area contributed by atoms with Gasteiger partial charge < -0.3 is 5.32 Å². The monoisotopic (exact) mass is 230 g/mol. The zero-order valence-electron chi connectivity index (χ0n) is 10.9. The predicted octanol–water partition coefficient (Wildman–Crippen LogP) is 2.06. The van der Waals surface area contributed by atoms with E-state index in [-0.39, 0.29) is 0 Å². The van der Waals surface area contributed by atoms with Crippen molar-refractivity contribution >= 4 is 0 Å². The van der Waals surface area contributed by atoms with Gasteiger partial charge in [-0.1, -0.05) is 18.2 Å². The molecule has 1 N–H and O–H groups in total. The molecule has 0 amide bonds. The highest BCUT2D eigenvalue weighted by molar-refractivity contribution is 5.42. The van der Waals surface area contributed by atoms with Gasteiger partial charge in [0.2, 0.25) is 0 Å². The quantitative estimate of drug-likeness (QED) is 0.734. The maximum atomic E-state index is 3.50. The molecular weight excluding hydrogens is 208 g/mol. The van der Waals surface area contributed by atoms with Crippen LogP contribution in [0, 0.1) is 6.92 Å². The maximum Gasteiger partial charge on any atom is 0.0484 e. The van der Waals surface area contributed by atoms with Gasteiger partial charge in [-0.05, 0) is 63.0 Å². The van der Waals surface area contributed by atoms with Crippen molar-refractivity contribution in [2.24, 2.45) is 0 Å². The van der Waals surface area contributed by atoms with Crippen LogP contribution in [0.5, 0.6) is 0 Å². The second-order valence-electron chi connectivity index (χ2n) is 5.55. The van der Waals surface area contributed by atoms with Crippen LogP contribution in [-0.4, -0.2) is 31.6 Å². The molecule has 2 heteroatoms. The lowest BCUT2D eigenvalue weighted by molar-refractivity contribution is 0.0689. The Bertz CT molecular complexity index is 419. The first kappa shape index (κ1) is 11.2. The Balaban J connectivity index is 2.12. The van der Waals surface area contributed by atoms with Gasteiger partial charge in [0.1, 0.15) is 0 Å². The molecule has 0 radical (unpaired) electrons. The Kier molecular flexibility index (Phi) is 2.72. The van der Waals surface area contributed by atoms with Gasteiger partial charge >= 0.3 is 0 Å². The van der Waals surface area contributed by atoms with Crippen LogP contribution < -0.4 is 5.32 Å². The number of nitrogens with one attached hydrogen (secondary N) is 1.